The number of imidazole rings is 1. The summed E-state index contributed by atoms with van der Waals surface area (Å²) in [5, 5.41) is 6.67. The van der Waals surface area contributed by atoms with Crippen LogP contribution in [0.2, 0.25) is 0 Å². The SMILES string of the molecule is COc1ccccc1CNC(=O)[C@@H]1Cc2[nH]cnc2C2(CCCC2)N1. The molecule has 1 aromatic heterocycles. The van der Waals surface area contributed by atoms with E-state index in [2.05, 4.69) is 20.6 Å². The maximum atomic E-state index is 12.8. The molecule has 0 saturated heterocycles. The summed E-state index contributed by atoms with van der Waals surface area (Å²) < 4.78 is 5.36. The second kappa shape index (κ2) is 6.52. The van der Waals surface area contributed by atoms with Crippen LogP contribution in [0, 0.1) is 0 Å². The normalized spacial score (nSPS) is 21.1. The second-order valence-corrected chi connectivity index (χ2v) is 6.95. The number of rotatable bonds is 4. The predicted molar refractivity (Wildman–Crippen MR) is 94.2 cm³/mol. The molecule has 6 nitrogen and oxygen atoms in total. The average Bonchev–Trinajstić information content (AvgIpc) is 3.30. The van der Waals surface area contributed by atoms with Gasteiger partial charge in [0.1, 0.15) is 5.75 Å². The summed E-state index contributed by atoms with van der Waals surface area (Å²) in [5.41, 5.74) is 3.05. The third-order valence-electron chi connectivity index (χ3n) is 5.45. The van der Waals surface area contributed by atoms with E-state index in [1.54, 1.807) is 13.4 Å². The Labute approximate surface area is 147 Å². The summed E-state index contributed by atoms with van der Waals surface area (Å²) >= 11 is 0. The van der Waals surface area contributed by atoms with Crippen molar-refractivity contribution in [2.75, 3.05) is 7.11 Å². The lowest BCUT2D eigenvalue weighted by Gasteiger charge is -2.38. The molecule has 0 unspecified atom stereocenters. The maximum absolute atomic E-state index is 12.8. The Kier molecular flexibility index (Phi) is 4.21. The highest BCUT2D eigenvalue weighted by atomic mass is 16.5. The number of fused-ring (bicyclic) bond motifs is 2. The molecule has 132 valence electrons. The first-order valence-electron chi connectivity index (χ1n) is 8.92. The third-order valence-corrected chi connectivity index (χ3v) is 5.45. The average molecular weight is 340 g/mol. The minimum absolute atomic E-state index is 0.0254. The molecule has 0 radical (unpaired) electrons. The number of aromatic nitrogens is 2. The van der Waals surface area contributed by atoms with Crippen LogP contribution >= 0.6 is 0 Å². The van der Waals surface area contributed by atoms with Gasteiger partial charge in [-0.3, -0.25) is 10.1 Å². The van der Waals surface area contributed by atoms with E-state index in [4.69, 9.17) is 4.74 Å². The molecule has 25 heavy (non-hydrogen) atoms. The van der Waals surface area contributed by atoms with Crippen LogP contribution in [-0.4, -0.2) is 29.0 Å². The first-order valence-corrected chi connectivity index (χ1v) is 8.92. The van der Waals surface area contributed by atoms with E-state index in [1.807, 2.05) is 24.3 Å². The van der Waals surface area contributed by atoms with E-state index in [-0.39, 0.29) is 17.5 Å². The fraction of sp³-hybridized carbons (Fsp3) is 0.474. The molecule has 1 aliphatic carbocycles. The van der Waals surface area contributed by atoms with Crippen LogP contribution in [0.5, 0.6) is 5.75 Å². The predicted octanol–water partition coefficient (Wildman–Crippen LogP) is 2.02. The number of carbonyl (C=O) groups excluding carboxylic acids is 1. The molecular weight excluding hydrogens is 316 g/mol. The molecule has 1 saturated carbocycles. The highest BCUT2D eigenvalue weighted by Gasteiger charge is 2.45. The number of nitrogens with zero attached hydrogens (tertiary/aromatic N) is 1. The number of ether oxygens (including phenoxy) is 1. The van der Waals surface area contributed by atoms with Crippen LogP contribution in [-0.2, 0) is 23.3 Å². The number of nitrogens with one attached hydrogen (secondary N) is 3. The van der Waals surface area contributed by atoms with Crippen molar-refractivity contribution < 1.29 is 9.53 Å². The lowest BCUT2D eigenvalue weighted by atomic mass is 9.84. The molecule has 1 amide bonds. The van der Waals surface area contributed by atoms with Crippen molar-refractivity contribution in [1.82, 2.24) is 20.6 Å². The molecule has 6 heteroatoms. The number of carbonyl (C=O) groups is 1. The summed E-state index contributed by atoms with van der Waals surface area (Å²) in [6.07, 6.45) is 6.84. The zero-order valence-corrected chi connectivity index (χ0v) is 14.5. The molecule has 2 heterocycles. The van der Waals surface area contributed by atoms with Crippen molar-refractivity contribution in [3.8, 4) is 5.75 Å². The summed E-state index contributed by atoms with van der Waals surface area (Å²) in [6.45, 7) is 0.462. The third kappa shape index (κ3) is 2.91. The van der Waals surface area contributed by atoms with Crippen LogP contribution in [0.15, 0.2) is 30.6 Å². The molecule has 1 aliphatic heterocycles. The van der Waals surface area contributed by atoms with Crippen molar-refractivity contribution in [1.29, 1.82) is 0 Å². The molecule has 1 spiro atoms. The molecular formula is C19H24N4O2. The zero-order valence-electron chi connectivity index (χ0n) is 14.5. The number of hydrogen-bond acceptors (Lipinski definition) is 4. The fourth-order valence-corrected chi connectivity index (χ4v) is 4.22. The Bertz CT molecular complexity index is 764. The molecule has 1 fully saturated rings. The molecule has 1 aromatic carbocycles. The Balaban J connectivity index is 1.48. The van der Waals surface area contributed by atoms with Gasteiger partial charge >= 0.3 is 0 Å². The fourth-order valence-electron chi connectivity index (χ4n) is 4.22. The second-order valence-electron chi connectivity index (χ2n) is 6.95. The van der Waals surface area contributed by atoms with E-state index in [1.165, 1.54) is 12.8 Å². The first kappa shape index (κ1) is 16.1. The Morgan fingerprint density at radius 3 is 2.96 bits per heavy atom. The monoisotopic (exact) mass is 340 g/mol. The van der Waals surface area contributed by atoms with Gasteiger partial charge in [-0.1, -0.05) is 31.0 Å². The molecule has 3 N–H and O–H groups in total. The molecule has 1 atom stereocenters. The number of methoxy groups -OCH3 is 1. The van der Waals surface area contributed by atoms with Crippen molar-refractivity contribution in [3.63, 3.8) is 0 Å². The Morgan fingerprint density at radius 1 is 1.36 bits per heavy atom. The number of amides is 1. The van der Waals surface area contributed by atoms with E-state index >= 15 is 0 Å². The summed E-state index contributed by atoms with van der Waals surface area (Å²) in [7, 11) is 1.65. The van der Waals surface area contributed by atoms with Crippen LogP contribution in [0.25, 0.3) is 0 Å². The maximum Gasteiger partial charge on any atom is 0.237 e. The van der Waals surface area contributed by atoms with Crippen molar-refractivity contribution >= 4 is 5.91 Å². The van der Waals surface area contributed by atoms with Crippen molar-refractivity contribution in [2.24, 2.45) is 0 Å². The smallest absolute Gasteiger partial charge is 0.237 e. The highest BCUT2D eigenvalue weighted by molar-refractivity contribution is 5.82. The van der Waals surface area contributed by atoms with Gasteiger partial charge in [0.15, 0.2) is 0 Å². The van der Waals surface area contributed by atoms with Crippen LogP contribution in [0.1, 0.15) is 42.6 Å². The highest BCUT2D eigenvalue weighted by Crippen LogP contribution is 2.41. The van der Waals surface area contributed by atoms with Crippen LogP contribution in [0.4, 0.5) is 0 Å². The van der Waals surface area contributed by atoms with Crippen molar-refractivity contribution in [3.05, 3.63) is 47.5 Å². The minimum Gasteiger partial charge on any atom is -0.496 e. The van der Waals surface area contributed by atoms with Gasteiger partial charge in [-0.05, 0) is 18.9 Å². The largest absolute Gasteiger partial charge is 0.496 e. The van der Waals surface area contributed by atoms with E-state index in [0.29, 0.717) is 13.0 Å². The quantitative estimate of drug-likeness (QED) is 0.796. The topological polar surface area (TPSA) is 79.0 Å². The standard InChI is InChI=1S/C19H24N4O2/c1-25-16-7-3-2-6-13(16)11-20-18(24)15-10-14-17(22-12-21-14)19(23-15)8-4-5-9-19/h2-3,6-7,12,15,23H,4-5,8-11H2,1H3,(H,20,24)(H,21,22)/t15-/m0/s1. The van der Waals surface area contributed by atoms with Gasteiger partial charge in [-0.25, -0.2) is 4.98 Å². The Morgan fingerprint density at radius 2 is 2.16 bits per heavy atom. The molecule has 2 aliphatic rings. The summed E-state index contributed by atoms with van der Waals surface area (Å²) in [4.78, 5) is 20.6. The lowest BCUT2D eigenvalue weighted by molar-refractivity contribution is -0.124. The molecule has 2 aromatic rings. The van der Waals surface area contributed by atoms with Gasteiger partial charge in [0.2, 0.25) is 5.91 Å². The number of hydrogen-bond donors (Lipinski definition) is 3. The number of H-pyrrole nitrogens is 1. The van der Waals surface area contributed by atoms with Crippen LogP contribution in [0.3, 0.4) is 0 Å². The van der Waals surface area contributed by atoms with E-state index in [0.717, 1.165) is 35.5 Å². The number of para-hydroxylation sites is 1. The molecule has 4 rings (SSSR count). The van der Waals surface area contributed by atoms with Gasteiger partial charge in [0, 0.05) is 24.2 Å². The first-order chi connectivity index (χ1) is 12.2. The van der Waals surface area contributed by atoms with Gasteiger partial charge in [0.05, 0.1) is 30.7 Å². The lowest BCUT2D eigenvalue weighted by Crippen LogP contribution is -2.57. The number of aromatic amines is 1. The summed E-state index contributed by atoms with van der Waals surface area (Å²) in [5.74, 6) is 0.819. The van der Waals surface area contributed by atoms with Gasteiger partial charge in [0.25, 0.3) is 0 Å². The van der Waals surface area contributed by atoms with Gasteiger partial charge in [-0.2, -0.15) is 0 Å². The zero-order chi connectivity index (χ0) is 17.3. The minimum atomic E-state index is -0.235. The van der Waals surface area contributed by atoms with E-state index < -0.39 is 0 Å². The van der Waals surface area contributed by atoms with Crippen molar-refractivity contribution in [2.45, 2.75) is 50.2 Å². The van der Waals surface area contributed by atoms with E-state index in [9.17, 15) is 4.79 Å². The van der Waals surface area contributed by atoms with Gasteiger partial charge in [-0.15, -0.1) is 0 Å². The van der Waals surface area contributed by atoms with Crippen LogP contribution < -0.4 is 15.4 Å². The summed E-state index contributed by atoms with van der Waals surface area (Å²) in [6, 6.07) is 7.52. The molecule has 0 bridgehead atoms. The Hall–Kier alpha value is -2.34. The van der Waals surface area contributed by atoms with Gasteiger partial charge < -0.3 is 15.0 Å². The number of benzene rings is 1.